The van der Waals surface area contributed by atoms with Gasteiger partial charge in [-0.1, -0.05) is 17.7 Å². The van der Waals surface area contributed by atoms with Crippen LogP contribution in [0.25, 0.3) is 11.0 Å². The van der Waals surface area contributed by atoms with Gasteiger partial charge in [-0.25, -0.2) is 18.2 Å². The van der Waals surface area contributed by atoms with Crippen LogP contribution in [0, 0.1) is 0 Å². The molecule has 0 fully saturated rings. The van der Waals surface area contributed by atoms with Crippen LogP contribution in [0.4, 0.5) is 0 Å². The number of sulfonamides is 1. The lowest BCUT2D eigenvalue weighted by molar-refractivity contribution is 0.0602. The van der Waals surface area contributed by atoms with Gasteiger partial charge in [0, 0.05) is 13.1 Å². The normalized spacial score (nSPS) is 11.8. The van der Waals surface area contributed by atoms with Crippen LogP contribution in [-0.4, -0.2) is 49.9 Å². The van der Waals surface area contributed by atoms with E-state index in [0.29, 0.717) is 28.2 Å². The summed E-state index contributed by atoms with van der Waals surface area (Å²) in [5.74, 6) is 0.327. The van der Waals surface area contributed by atoms with Gasteiger partial charge in [0.15, 0.2) is 0 Å². The fraction of sp³-hybridized carbons (Fsp3) is 0.222. The monoisotopic (exact) mass is 423 g/mol. The zero-order valence-corrected chi connectivity index (χ0v) is 17.0. The highest BCUT2D eigenvalue weighted by molar-refractivity contribution is 7.89. The summed E-state index contributed by atoms with van der Waals surface area (Å²) in [6.45, 7) is -0.0417. The number of fused-ring (bicyclic) bond motifs is 1. The van der Waals surface area contributed by atoms with Crippen LogP contribution in [0.15, 0.2) is 41.3 Å². The third-order valence-corrected chi connectivity index (χ3v) is 6.46. The number of H-pyrrole nitrogens is 1. The first-order valence-electron chi connectivity index (χ1n) is 8.13. The van der Waals surface area contributed by atoms with Crippen molar-refractivity contribution in [3.8, 4) is 5.75 Å². The van der Waals surface area contributed by atoms with E-state index in [2.05, 4.69) is 9.97 Å². The predicted octanol–water partition coefficient (Wildman–Crippen LogP) is 2.83. The molecule has 1 heterocycles. The Morgan fingerprint density at radius 2 is 2.00 bits per heavy atom. The summed E-state index contributed by atoms with van der Waals surface area (Å²) in [6, 6.07) is 9.35. The summed E-state index contributed by atoms with van der Waals surface area (Å²) in [5.41, 5.74) is 1.34. The van der Waals surface area contributed by atoms with Gasteiger partial charge in [0.1, 0.15) is 16.5 Å². The minimum absolute atomic E-state index is 0.0381. The highest BCUT2D eigenvalue weighted by atomic mass is 35.5. The summed E-state index contributed by atoms with van der Waals surface area (Å²) in [6.07, 6.45) is 0. The Morgan fingerprint density at radius 3 is 2.64 bits per heavy atom. The molecule has 0 saturated heterocycles. The highest BCUT2D eigenvalue weighted by Crippen LogP contribution is 2.28. The minimum atomic E-state index is -3.87. The number of aromatic nitrogens is 2. The molecule has 1 aromatic heterocycles. The van der Waals surface area contributed by atoms with Gasteiger partial charge in [0.05, 0.1) is 42.4 Å². The first-order valence-corrected chi connectivity index (χ1v) is 9.95. The summed E-state index contributed by atoms with van der Waals surface area (Å²) < 4.78 is 36.7. The number of nitrogens with one attached hydrogen (secondary N) is 1. The van der Waals surface area contributed by atoms with Crippen molar-refractivity contribution in [3.63, 3.8) is 0 Å². The summed E-state index contributed by atoms with van der Waals surface area (Å²) in [7, 11) is 0.311. The molecular formula is C18H18ClN3O5S. The molecule has 10 heteroatoms. The van der Waals surface area contributed by atoms with Crippen LogP contribution in [-0.2, 0) is 21.3 Å². The van der Waals surface area contributed by atoms with Crippen molar-refractivity contribution in [1.82, 2.24) is 14.3 Å². The molecule has 0 atom stereocenters. The molecule has 2 aromatic carbocycles. The fourth-order valence-electron chi connectivity index (χ4n) is 2.72. The number of esters is 1. The number of imidazole rings is 1. The van der Waals surface area contributed by atoms with Crippen molar-refractivity contribution in [3.05, 3.63) is 52.8 Å². The van der Waals surface area contributed by atoms with E-state index in [1.165, 1.54) is 39.5 Å². The molecule has 0 aliphatic rings. The topological polar surface area (TPSA) is 102 Å². The molecule has 3 rings (SSSR count). The number of methoxy groups -OCH3 is 2. The van der Waals surface area contributed by atoms with E-state index < -0.39 is 16.0 Å². The van der Waals surface area contributed by atoms with E-state index in [0.717, 1.165) is 4.31 Å². The van der Waals surface area contributed by atoms with Gasteiger partial charge in [-0.05, 0) is 24.3 Å². The molecule has 28 heavy (non-hydrogen) atoms. The van der Waals surface area contributed by atoms with Crippen molar-refractivity contribution in [1.29, 1.82) is 0 Å². The molecule has 0 amide bonds. The smallest absolute Gasteiger partial charge is 0.340 e. The van der Waals surface area contributed by atoms with Gasteiger partial charge in [0.2, 0.25) is 10.0 Å². The average Bonchev–Trinajstić information content (AvgIpc) is 3.09. The number of carbonyl (C=O) groups is 1. The third kappa shape index (κ3) is 3.68. The Balaban J connectivity index is 1.92. The van der Waals surface area contributed by atoms with Gasteiger partial charge >= 0.3 is 5.97 Å². The fourth-order valence-corrected chi connectivity index (χ4v) is 4.36. The number of hydrogen-bond acceptors (Lipinski definition) is 6. The second kappa shape index (κ2) is 7.78. The van der Waals surface area contributed by atoms with E-state index in [9.17, 15) is 13.2 Å². The van der Waals surface area contributed by atoms with Gasteiger partial charge in [-0.2, -0.15) is 4.31 Å². The Labute approximate surface area is 167 Å². The molecule has 0 spiro atoms. The molecule has 0 aliphatic heterocycles. The van der Waals surface area contributed by atoms with Crippen molar-refractivity contribution in [2.75, 3.05) is 21.3 Å². The van der Waals surface area contributed by atoms with E-state index >= 15 is 0 Å². The van der Waals surface area contributed by atoms with E-state index in [1.54, 1.807) is 18.2 Å². The van der Waals surface area contributed by atoms with Gasteiger partial charge in [0.25, 0.3) is 0 Å². The first kappa shape index (κ1) is 20.1. The van der Waals surface area contributed by atoms with Crippen molar-refractivity contribution in [2.24, 2.45) is 0 Å². The number of benzene rings is 2. The number of halogens is 1. The molecular weight excluding hydrogens is 406 g/mol. The lowest BCUT2D eigenvalue weighted by Gasteiger charge is -2.17. The minimum Gasteiger partial charge on any atom is -0.497 e. The highest BCUT2D eigenvalue weighted by Gasteiger charge is 2.25. The second-order valence-corrected chi connectivity index (χ2v) is 8.35. The van der Waals surface area contributed by atoms with Crippen LogP contribution in [0.3, 0.4) is 0 Å². The van der Waals surface area contributed by atoms with Gasteiger partial charge in [-0.15, -0.1) is 0 Å². The number of ether oxygens (including phenoxy) is 2. The maximum absolute atomic E-state index is 12.9. The summed E-state index contributed by atoms with van der Waals surface area (Å²) >= 11 is 6.11. The quantitative estimate of drug-likeness (QED) is 0.612. The molecule has 0 radical (unpaired) electrons. The lowest BCUT2D eigenvalue weighted by Crippen LogP contribution is -2.27. The van der Waals surface area contributed by atoms with Crippen LogP contribution < -0.4 is 4.74 Å². The second-order valence-electron chi connectivity index (χ2n) is 5.93. The average molecular weight is 424 g/mol. The Hall–Kier alpha value is -2.62. The van der Waals surface area contributed by atoms with Crippen LogP contribution in [0.2, 0.25) is 5.02 Å². The molecule has 148 valence electrons. The van der Waals surface area contributed by atoms with Crippen LogP contribution >= 0.6 is 11.6 Å². The molecule has 3 aromatic rings. The molecule has 1 N–H and O–H groups in total. The van der Waals surface area contributed by atoms with Gasteiger partial charge < -0.3 is 14.5 Å². The third-order valence-electron chi connectivity index (χ3n) is 4.17. The first-order chi connectivity index (χ1) is 13.3. The zero-order chi connectivity index (χ0) is 20.5. The zero-order valence-electron chi connectivity index (χ0n) is 15.4. The largest absolute Gasteiger partial charge is 0.497 e. The number of rotatable bonds is 6. The number of aromatic amines is 1. The van der Waals surface area contributed by atoms with Crippen LogP contribution in [0.1, 0.15) is 16.2 Å². The maximum atomic E-state index is 12.9. The number of nitrogens with zero attached hydrogens (tertiary/aromatic N) is 2. The maximum Gasteiger partial charge on any atom is 0.340 e. The molecule has 0 bridgehead atoms. The van der Waals surface area contributed by atoms with Crippen LogP contribution in [0.5, 0.6) is 5.75 Å². The summed E-state index contributed by atoms with van der Waals surface area (Å²) in [5, 5.41) is 0.0591. The standard InChI is InChI=1S/C18H18ClN3O5S/c1-22(28(24,25)15-8-7-11(26-2)9-13(15)19)10-16-20-14-6-4-5-12(17(14)21-16)18(23)27-3/h4-9H,10H2,1-3H3,(H,20,21). The van der Waals surface area contributed by atoms with Crippen molar-refractivity contribution >= 4 is 38.6 Å². The molecule has 0 aliphatic carbocycles. The number of carbonyl (C=O) groups excluding carboxylic acids is 1. The molecule has 0 unspecified atom stereocenters. The van der Waals surface area contributed by atoms with Gasteiger partial charge in [-0.3, -0.25) is 0 Å². The van der Waals surface area contributed by atoms with Crippen molar-refractivity contribution < 1.29 is 22.7 Å². The van der Waals surface area contributed by atoms with E-state index in [4.69, 9.17) is 21.1 Å². The Morgan fingerprint density at radius 1 is 1.25 bits per heavy atom. The Kier molecular flexibility index (Phi) is 5.59. The lowest BCUT2D eigenvalue weighted by atomic mass is 10.2. The van der Waals surface area contributed by atoms with E-state index in [1.807, 2.05) is 0 Å². The van der Waals surface area contributed by atoms with E-state index in [-0.39, 0.29) is 16.5 Å². The predicted molar refractivity (Wildman–Crippen MR) is 104 cm³/mol. The SMILES string of the molecule is COC(=O)c1cccc2nc(CN(C)S(=O)(=O)c3ccc(OC)cc3Cl)[nH]c12. The number of para-hydroxylation sites is 1. The van der Waals surface area contributed by atoms with Crippen molar-refractivity contribution in [2.45, 2.75) is 11.4 Å². The number of hydrogen-bond donors (Lipinski definition) is 1. The molecule has 8 nitrogen and oxygen atoms in total. The summed E-state index contributed by atoms with van der Waals surface area (Å²) in [4.78, 5) is 19.2. The molecule has 0 saturated carbocycles. The Bertz CT molecular complexity index is 1140.